The van der Waals surface area contributed by atoms with Crippen LogP contribution in [0.4, 0.5) is 0 Å². The maximum absolute atomic E-state index is 13.2. The zero-order valence-electron chi connectivity index (χ0n) is 17.7. The fraction of sp³-hybridized carbons (Fsp3) is 0.682. The number of rotatable bonds is 6. The van der Waals surface area contributed by atoms with Gasteiger partial charge in [-0.3, -0.25) is 4.79 Å². The predicted molar refractivity (Wildman–Crippen MR) is 119 cm³/mol. The second-order valence-corrected chi connectivity index (χ2v) is 12.7. The topological polar surface area (TPSA) is 66.5 Å². The van der Waals surface area contributed by atoms with Gasteiger partial charge in [-0.15, -0.1) is 0 Å². The molecule has 0 radical (unpaired) electrons. The molecular formula is C22H30Cl2N2O3S. The van der Waals surface area contributed by atoms with Crippen molar-refractivity contribution in [2.75, 3.05) is 14.1 Å². The molecule has 4 saturated carbocycles. The summed E-state index contributed by atoms with van der Waals surface area (Å²) in [4.78, 5) is 13.1. The molecule has 1 unspecified atom stereocenters. The molecule has 1 N–H and O–H groups in total. The highest BCUT2D eigenvalue weighted by Crippen LogP contribution is 2.61. The number of carbonyl (C=O) groups excluding carboxylic acids is 1. The summed E-state index contributed by atoms with van der Waals surface area (Å²) in [6, 6.07) is 2.72. The van der Waals surface area contributed by atoms with Crippen molar-refractivity contribution in [3.63, 3.8) is 0 Å². The first-order valence-electron chi connectivity index (χ1n) is 10.8. The molecular weight excluding hydrogens is 443 g/mol. The molecule has 5 nitrogen and oxygen atoms in total. The summed E-state index contributed by atoms with van der Waals surface area (Å²) in [5.41, 5.74) is 0.320. The lowest BCUT2D eigenvalue weighted by Crippen LogP contribution is -2.56. The van der Waals surface area contributed by atoms with Crippen LogP contribution < -0.4 is 5.32 Å². The molecule has 4 fully saturated rings. The normalized spacial score (nSPS) is 31.2. The van der Waals surface area contributed by atoms with E-state index in [9.17, 15) is 13.2 Å². The summed E-state index contributed by atoms with van der Waals surface area (Å²) < 4.78 is 26.3. The Labute approximate surface area is 189 Å². The van der Waals surface area contributed by atoms with Gasteiger partial charge < -0.3 is 5.32 Å². The quantitative estimate of drug-likeness (QED) is 0.635. The van der Waals surface area contributed by atoms with Crippen molar-refractivity contribution in [3.8, 4) is 0 Å². The number of hydrogen-bond donors (Lipinski definition) is 1. The first-order valence-corrected chi connectivity index (χ1v) is 13.0. The van der Waals surface area contributed by atoms with E-state index in [0.717, 1.165) is 28.5 Å². The molecule has 5 rings (SSSR count). The molecule has 0 saturated heterocycles. The van der Waals surface area contributed by atoms with Gasteiger partial charge in [0.25, 0.3) is 5.91 Å². The van der Waals surface area contributed by atoms with Crippen molar-refractivity contribution in [3.05, 3.63) is 27.7 Å². The Morgan fingerprint density at radius 3 is 2.10 bits per heavy atom. The lowest BCUT2D eigenvalue weighted by Gasteiger charge is -2.59. The standard InChI is InChI=1S/C22H30Cl2N2O3S/c1-4-20(22-10-13-5-14(11-22)7-15(6-13)12-22)25-21(27)16-8-19(18(24)9-17(16)23)30(28,29)26(2)3/h8-9,13-15,20H,4-7,10-12H2,1-3H3,(H,25,27). The van der Waals surface area contributed by atoms with Gasteiger partial charge in [-0.25, -0.2) is 12.7 Å². The molecule has 1 atom stereocenters. The minimum absolute atomic E-state index is 0.0124. The molecule has 4 aliphatic carbocycles. The van der Waals surface area contributed by atoms with Crippen LogP contribution in [0.3, 0.4) is 0 Å². The minimum Gasteiger partial charge on any atom is -0.349 e. The number of carbonyl (C=O) groups is 1. The van der Waals surface area contributed by atoms with Crippen molar-refractivity contribution in [1.29, 1.82) is 0 Å². The van der Waals surface area contributed by atoms with Crippen LogP contribution in [0.15, 0.2) is 17.0 Å². The molecule has 0 aliphatic heterocycles. The Morgan fingerprint density at radius 2 is 1.63 bits per heavy atom. The summed E-state index contributed by atoms with van der Waals surface area (Å²) >= 11 is 12.5. The fourth-order valence-corrected chi connectivity index (χ4v) is 8.35. The van der Waals surface area contributed by atoms with E-state index in [1.165, 1.54) is 64.8 Å². The van der Waals surface area contributed by atoms with Gasteiger partial charge in [0.2, 0.25) is 10.0 Å². The third-order valence-corrected chi connectivity index (χ3v) is 10.2. The van der Waals surface area contributed by atoms with Crippen molar-refractivity contribution < 1.29 is 13.2 Å². The molecule has 4 bridgehead atoms. The van der Waals surface area contributed by atoms with E-state index in [1.54, 1.807) is 0 Å². The molecule has 1 amide bonds. The lowest BCUT2D eigenvalue weighted by atomic mass is 9.47. The molecule has 4 aliphatic rings. The Hall–Kier alpha value is -0.820. The second-order valence-electron chi connectivity index (χ2n) is 9.76. The first-order chi connectivity index (χ1) is 14.1. The molecule has 0 aromatic heterocycles. The van der Waals surface area contributed by atoms with E-state index in [-0.39, 0.29) is 37.9 Å². The van der Waals surface area contributed by atoms with Crippen LogP contribution in [0.2, 0.25) is 10.0 Å². The van der Waals surface area contributed by atoms with Crippen molar-refractivity contribution in [1.82, 2.24) is 9.62 Å². The summed E-state index contributed by atoms with van der Waals surface area (Å²) in [5.74, 6) is 2.05. The van der Waals surface area contributed by atoms with Crippen LogP contribution in [0.5, 0.6) is 0 Å². The van der Waals surface area contributed by atoms with Gasteiger partial charge in [0, 0.05) is 20.1 Å². The van der Waals surface area contributed by atoms with E-state index >= 15 is 0 Å². The van der Waals surface area contributed by atoms with Crippen LogP contribution in [-0.2, 0) is 10.0 Å². The summed E-state index contributed by atoms with van der Waals surface area (Å²) in [7, 11) is -0.927. The third kappa shape index (κ3) is 3.78. The van der Waals surface area contributed by atoms with Gasteiger partial charge in [-0.05, 0) is 80.2 Å². The second kappa shape index (κ2) is 7.95. The van der Waals surface area contributed by atoms with Crippen molar-refractivity contribution in [2.45, 2.75) is 62.8 Å². The van der Waals surface area contributed by atoms with Crippen LogP contribution in [0.25, 0.3) is 0 Å². The van der Waals surface area contributed by atoms with Gasteiger partial charge in [0.1, 0.15) is 4.90 Å². The largest absolute Gasteiger partial charge is 0.349 e. The smallest absolute Gasteiger partial charge is 0.253 e. The molecule has 0 heterocycles. The zero-order valence-corrected chi connectivity index (χ0v) is 20.1. The Bertz CT molecular complexity index is 926. The van der Waals surface area contributed by atoms with Crippen molar-refractivity contribution in [2.24, 2.45) is 23.2 Å². The number of amides is 1. The third-order valence-electron chi connectivity index (χ3n) is 7.56. The number of halogens is 2. The molecule has 30 heavy (non-hydrogen) atoms. The number of benzene rings is 1. The predicted octanol–water partition coefficient (Wildman–Crippen LogP) is 4.97. The maximum Gasteiger partial charge on any atom is 0.253 e. The summed E-state index contributed by atoms with van der Waals surface area (Å²) in [6.45, 7) is 2.12. The van der Waals surface area contributed by atoms with Crippen molar-refractivity contribution >= 4 is 39.1 Å². The van der Waals surface area contributed by atoms with Gasteiger partial charge in [-0.2, -0.15) is 0 Å². The maximum atomic E-state index is 13.2. The average Bonchev–Trinajstić information content (AvgIpc) is 2.64. The van der Waals surface area contributed by atoms with Gasteiger partial charge in [0.05, 0.1) is 15.6 Å². The van der Waals surface area contributed by atoms with Gasteiger partial charge in [0.15, 0.2) is 0 Å². The van der Waals surface area contributed by atoms with Crippen LogP contribution >= 0.6 is 23.2 Å². The fourth-order valence-electron chi connectivity index (χ4n) is 6.63. The van der Waals surface area contributed by atoms with E-state index < -0.39 is 10.0 Å². The highest BCUT2D eigenvalue weighted by Gasteiger charge is 2.54. The molecule has 166 valence electrons. The van der Waals surface area contributed by atoms with Gasteiger partial charge >= 0.3 is 0 Å². The number of sulfonamides is 1. The van der Waals surface area contributed by atoms with Crippen LogP contribution in [-0.4, -0.2) is 38.8 Å². The summed E-state index contributed by atoms with van der Waals surface area (Å²) in [5, 5.41) is 3.41. The SMILES string of the molecule is CCC(NC(=O)c1cc(S(=O)(=O)N(C)C)c(Cl)cc1Cl)C12CC3CC(CC(C3)C1)C2. The van der Waals surface area contributed by atoms with Gasteiger partial charge in [-0.1, -0.05) is 30.1 Å². The Morgan fingerprint density at radius 1 is 1.10 bits per heavy atom. The number of nitrogens with one attached hydrogen (secondary N) is 1. The molecule has 1 aromatic carbocycles. The molecule has 0 spiro atoms. The van der Waals surface area contributed by atoms with E-state index in [4.69, 9.17) is 23.2 Å². The number of hydrogen-bond acceptors (Lipinski definition) is 3. The average molecular weight is 473 g/mol. The number of nitrogens with zero attached hydrogens (tertiary/aromatic N) is 1. The molecule has 8 heteroatoms. The highest BCUT2D eigenvalue weighted by molar-refractivity contribution is 7.89. The first kappa shape index (κ1) is 22.4. The van der Waals surface area contributed by atoms with Crippen LogP contribution in [0, 0.1) is 23.2 Å². The molecule has 1 aromatic rings. The minimum atomic E-state index is -3.79. The Kier molecular flexibility index (Phi) is 5.93. The monoisotopic (exact) mass is 472 g/mol. The highest BCUT2D eigenvalue weighted by atomic mass is 35.5. The van der Waals surface area contributed by atoms with E-state index in [0.29, 0.717) is 0 Å². The van der Waals surface area contributed by atoms with Crippen LogP contribution in [0.1, 0.15) is 62.2 Å². The lowest BCUT2D eigenvalue weighted by molar-refractivity contribution is -0.0727. The Balaban J connectivity index is 1.62. The van der Waals surface area contributed by atoms with E-state index in [1.807, 2.05) is 0 Å². The van der Waals surface area contributed by atoms with E-state index in [2.05, 4.69) is 12.2 Å². The zero-order chi connectivity index (χ0) is 21.8. The summed E-state index contributed by atoms with van der Waals surface area (Å²) in [6.07, 6.45) is 8.45.